The molecule has 3 aromatic rings. The van der Waals surface area contributed by atoms with E-state index in [9.17, 15) is 18.6 Å². The number of carbonyl (C=O) groups excluding carboxylic acids is 3. The van der Waals surface area contributed by atoms with E-state index in [0.29, 0.717) is 44.7 Å². The van der Waals surface area contributed by atoms with Crippen molar-refractivity contribution in [3.8, 4) is 11.6 Å². The van der Waals surface area contributed by atoms with Gasteiger partial charge in [-0.1, -0.05) is 24.6 Å². The van der Waals surface area contributed by atoms with Gasteiger partial charge >= 0.3 is 5.97 Å². The number of nitrogens with zero attached hydrogens (tertiary/aromatic N) is 4. The van der Waals surface area contributed by atoms with E-state index in [-0.39, 0.29) is 63.9 Å². The van der Waals surface area contributed by atoms with Crippen molar-refractivity contribution in [1.29, 1.82) is 0 Å². The number of anilines is 1. The van der Waals surface area contributed by atoms with Crippen LogP contribution in [0.3, 0.4) is 0 Å². The fourth-order valence-corrected chi connectivity index (χ4v) is 11.5. The summed E-state index contributed by atoms with van der Waals surface area (Å²) < 4.78 is 41.0. The minimum absolute atomic E-state index is 0.0298. The molecule has 0 radical (unpaired) electrons. The lowest BCUT2D eigenvalue weighted by Crippen LogP contribution is -2.50. The van der Waals surface area contributed by atoms with Crippen LogP contribution in [-0.2, 0) is 38.3 Å². The molecule has 1 N–H and O–H groups in total. The number of ether oxygens (including phenoxy) is 3. The maximum atomic E-state index is 14.7. The van der Waals surface area contributed by atoms with Crippen molar-refractivity contribution in [2.75, 3.05) is 37.5 Å². The third-order valence-corrected chi connectivity index (χ3v) is 14.3. The summed E-state index contributed by atoms with van der Waals surface area (Å²) in [6.45, 7) is 3.77. The second-order valence-electron chi connectivity index (χ2n) is 15.7. The number of nitrogens with one attached hydrogen (secondary N) is 1. The molecular weight excluding hydrogens is 718 g/mol. The number of hydrogen-bond acceptors (Lipinski definition) is 9. The Labute approximate surface area is 315 Å². The Hall–Kier alpha value is -4.10. The summed E-state index contributed by atoms with van der Waals surface area (Å²) in [5.41, 5.74) is 3.27. The highest BCUT2D eigenvalue weighted by molar-refractivity contribution is 7.92. The second kappa shape index (κ2) is 14.0. The lowest BCUT2D eigenvalue weighted by Gasteiger charge is -2.46. The van der Waals surface area contributed by atoms with Crippen LogP contribution < -0.4 is 19.1 Å². The molecular formula is C39H46ClN5O7S. The molecule has 1 saturated carbocycles. The summed E-state index contributed by atoms with van der Waals surface area (Å²) in [5.74, 6) is -0.560. The number of amides is 2. The predicted molar refractivity (Wildman–Crippen MR) is 200 cm³/mol. The number of benzene rings is 2. The van der Waals surface area contributed by atoms with E-state index in [4.69, 9.17) is 25.8 Å². The number of esters is 1. The molecule has 2 aliphatic carbocycles. The molecule has 2 aromatic carbocycles. The van der Waals surface area contributed by atoms with E-state index in [1.54, 1.807) is 25.2 Å². The van der Waals surface area contributed by atoms with Gasteiger partial charge in [0.15, 0.2) is 0 Å². The third kappa shape index (κ3) is 6.90. The molecule has 1 unspecified atom stereocenters. The quantitative estimate of drug-likeness (QED) is 0.323. The van der Waals surface area contributed by atoms with E-state index < -0.39 is 21.7 Å². The van der Waals surface area contributed by atoms with Crippen LogP contribution in [-0.4, -0.2) is 70.4 Å². The first kappa shape index (κ1) is 35.9. The van der Waals surface area contributed by atoms with E-state index in [1.165, 1.54) is 29.1 Å². The molecule has 4 heterocycles. The molecule has 2 bridgehead atoms. The largest absolute Gasteiger partial charge is 0.490 e. The van der Waals surface area contributed by atoms with Gasteiger partial charge in [-0.05, 0) is 98.2 Å². The summed E-state index contributed by atoms with van der Waals surface area (Å²) in [6, 6.07) is 11.4. The Morgan fingerprint density at radius 1 is 1.11 bits per heavy atom. The number of hydrogen-bond donors (Lipinski definition) is 1. The first-order valence-corrected chi connectivity index (χ1v) is 20.7. The standard InChI is InChI=1S/C39H46ClN5O7S/c1-23-6-7-25-17-34(46)52-35(25)29-11-8-27(29)18-45-21-39(14-4-5-24-15-28(40)10-12-31(24)39)22-51-33-13-9-26(16-32(33)45)36(47)42-53(49,20-23)43-37(48)30-19-44(2)41-38(30)50-3/h9-10,12-13,15-16,19,23,25,27,29,35H,4-8,11,14,17-18,20-22H2,1-3H3,(H,42,43,47,48,49)/t23-,25-,27-,29+,35-,39-,53?/m0/s1. The predicted octanol–water partition coefficient (Wildman–Crippen LogP) is 5.90. The van der Waals surface area contributed by atoms with Crippen molar-refractivity contribution in [1.82, 2.24) is 14.5 Å². The number of aryl methyl sites for hydroxylation is 2. The zero-order valence-corrected chi connectivity index (χ0v) is 31.9. The van der Waals surface area contributed by atoms with Crippen molar-refractivity contribution in [3.63, 3.8) is 0 Å². The summed E-state index contributed by atoms with van der Waals surface area (Å²) in [4.78, 5) is 42.8. The fourth-order valence-electron chi connectivity index (χ4n) is 9.34. The Morgan fingerprint density at radius 2 is 1.94 bits per heavy atom. The Balaban J connectivity index is 1.21. The summed E-state index contributed by atoms with van der Waals surface area (Å²) >= 11 is 6.46. The molecule has 53 heavy (non-hydrogen) atoms. The van der Waals surface area contributed by atoms with Crippen LogP contribution in [0.1, 0.15) is 83.7 Å². The molecule has 2 fully saturated rings. The number of rotatable bonds is 3. The molecule has 5 aliphatic rings. The molecule has 3 aliphatic heterocycles. The third-order valence-electron chi connectivity index (χ3n) is 12.1. The van der Waals surface area contributed by atoms with Crippen LogP contribution >= 0.6 is 11.6 Å². The highest BCUT2D eigenvalue weighted by atomic mass is 35.5. The highest BCUT2D eigenvalue weighted by Gasteiger charge is 2.49. The summed E-state index contributed by atoms with van der Waals surface area (Å²) in [6.07, 6.45) is 7.83. The molecule has 1 spiro atoms. The van der Waals surface area contributed by atoms with E-state index in [2.05, 4.69) is 31.2 Å². The number of carbonyl (C=O) groups is 3. The first-order valence-electron chi connectivity index (χ1n) is 18.6. The van der Waals surface area contributed by atoms with Crippen molar-refractivity contribution in [3.05, 3.63) is 69.9 Å². The molecule has 282 valence electrons. The lowest BCUT2D eigenvalue weighted by molar-refractivity contribution is -0.146. The van der Waals surface area contributed by atoms with Gasteiger partial charge in [0.05, 0.1) is 31.6 Å². The first-order chi connectivity index (χ1) is 25.4. The number of halogens is 1. The minimum atomic E-state index is -3.64. The van der Waals surface area contributed by atoms with Gasteiger partial charge in [0.25, 0.3) is 11.8 Å². The van der Waals surface area contributed by atoms with E-state index in [0.717, 1.165) is 42.8 Å². The Morgan fingerprint density at radius 3 is 2.74 bits per heavy atom. The smallest absolute Gasteiger partial charge is 0.306 e. The number of fused-ring (bicyclic) bond motifs is 6. The van der Waals surface area contributed by atoms with Crippen molar-refractivity contribution in [2.45, 2.75) is 69.8 Å². The molecule has 1 aromatic heterocycles. The van der Waals surface area contributed by atoms with Gasteiger partial charge < -0.3 is 19.1 Å². The monoisotopic (exact) mass is 763 g/mol. The summed E-state index contributed by atoms with van der Waals surface area (Å²) in [7, 11) is -0.597. The minimum Gasteiger partial charge on any atom is -0.490 e. The van der Waals surface area contributed by atoms with Crippen LogP contribution in [0.5, 0.6) is 11.6 Å². The molecule has 14 heteroatoms. The van der Waals surface area contributed by atoms with Gasteiger partial charge in [0, 0.05) is 54.2 Å². The van der Waals surface area contributed by atoms with Gasteiger partial charge in [0.1, 0.15) is 27.3 Å². The average molecular weight is 764 g/mol. The lowest BCUT2D eigenvalue weighted by atomic mass is 9.66. The second-order valence-corrected chi connectivity index (χ2v) is 18.2. The van der Waals surface area contributed by atoms with Crippen molar-refractivity contribution in [2.24, 2.45) is 35.1 Å². The summed E-state index contributed by atoms with van der Waals surface area (Å²) in [5, 5.41) is 4.87. The normalized spacial score (nSPS) is 31.1. The molecule has 1 saturated heterocycles. The van der Waals surface area contributed by atoms with Crippen molar-refractivity contribution < 1.29 is 32.8 Å². The molecule has 2 amide bonds. The SMILES string of the molecule is COc1nn(C)cc1C(=O)NS1(=O)=NC(=O)c2ccc3c(c2)N(C[C@@H]2CC[C@H]2[C@H]2OC(=O)C[C@@H]2CC[C@H](C)C1)C[C@@]1(CCCc2cc(Cl)ccc21)CO3. The maximum absolute atomic E-state index is 14.7. The van der Waals surface area contributed by atoms with Gasteiger partial charge in [-0.2, -0.15) is 0 Å². The average Bonchev–Trinajstić information content (AvgIpc) is 3.63. The van der Waals surface area contributed by atoms with Gasteiger partial charge in [-0.25, -0.2) is 4.21 Å². The van der Waals surface area contributed by atoms with Crippen LogP contribution in [0.25, 0.3) is 0 Å². The maximum Gasteiger partial charge on any atom is 0.306 e. The molecule has 12 nitrogen and oxygen atoms in total. The Bertz CT molecular complexity index is 2090. The van der Waals surface area contributed by atoms with Crippen LogP contribution in [0, 0.1) is 23.7 Å². The topological polar surface area (TPSA) is 141 Å². The van der Waals surface area contributed by atoms with Gasteiger partial charge in [-0.3, -0.25) is 23.8 Å². The van der Waals surface area contributed by atoms with Crippen LogP contribution in [0.2, 0.25) is 5.02 Å². The van der Waals surface area contributed by atoms with E-state index in [1.807, 2.05) is 13.0 Å². The zero-order valence-electron chi connectivity index (χ0n) is 30.3. The van der Waals surface area contributed by atoms with Gasteiger partial charge in [0.2, 0.25) is 5.88 Å². The molecule has 7 atom stereocenters. The Kier molecular flexibility index (Phi) is 9.45. The zero-order chi connectivity index (χ0) is 37.1. The highest BCUT2D eigenvalue weighted by Crippen LogP contribution is 2.49. The van der Waals surface area contributed by atoms with Crippen LogP contribution in [0.4, 0.5) is 5.69 Å². The van der Waals surface area contributed by atoms with Gasteiger partial charge in [-0.15, -0.1) is 9.46 Å². The number of methoxy groups -OCH3 is 1. The van der Waals surface area contributed by atoms with E-state index >= 15 is 0 Å². The van der Waals surface area contributed by atoms with Crippen molar-refractivity contribution >= 4 is 45.0 Å². The molecule has 8 rings (SSSR count). The number of aromatic nitrogens is 2. The van der Waals surface area contributed by atoms with Crippen LogP contribution in [0.15, 0.2) is 47.0 Å². The fraction of sp³-hybridized carbons (Fsp3) is 0.538.